The van der Waals surface area contributed by atoms with Crippen LogP contribution in [0, 0.1) is 5.82 Å². The van der Waals surface area contributed by atoms with Gasteiger partial charge in [0.05, 0.1) is 28.3 Å². The van der Waals surface area contributed by atoms with Gasteiger partial charge in [0.1, 0.15) is 5.82 Å². The molecule has 1 heterocycles. The third-order valence-electron chi connectivity index (χ3n) is 4.41. The van der Waals surface area contributed by atoms with Crippen LogP contribution in [-0.2, 0) is 17.5 Å². The first-order valence-corrected chi connectivity index (χ1v) is 9.88. The van der Waals surface area contributed by atoms with Gasteiger partial charge in [-0.25, -0.2) is 9.07 Å². The van der Waals surface area contributed by atoms with Crippen LogP contribution in [0.3, 0.4) is 0 Å². The zero-order chi connectivity index (χ0) is 22.1. The van der Waals surface area contributed by atoms with E-state index >= 15 is 0 Å². The molecule has 3 rings (SSSR count). The summed E-state index contributed by atoms with van der Waals surface area (Å²) >= 11 is 8.98. The normalized spacial score (nSPS) is 12.6. The van der Waals surface area contributed by atoms with E-state index in [4.69, 9.17) is 11.6 Å². The Bertz CT molecular complexity index is 1080. The second kappa shape index (κ2) is 8.77. The van der Waals surface area contributed by atoms with E-state index in [0.717, 1.165) is 10.7 Å². The molecule has 0 radical (unpaired) electrons. The average molecular weight is 505 g/mol. The Balaban J connectivity index is 1.84. The highest BCUT2D eigenvalue weighted by molar-refractivity contribution is 9.10. The highest BCUT2D eigenvalue weighted by atomic mass is 79.9. The number of carbonyl (C=O) groups excluding carboxylic acids is 1. The summed E-state index contributed by atoms with van der Waals surface area (Å²) in [5, 5.41) is 6.54. The molecule has 0 fully saturated rings. The van der Waals surface area contributed by atoms with Gasteiger partial charge in [-0.3, -0.25) is 4.79 Å². The number of amides is 1. The first-order chi connectivity index (χ1) is 14.1. The second-order valence-corrected chi connectivity index (χ2v) is 7.81. The van der Waals surface area contributed by atoms with E-state index < -0.39 is 29.5 Å². The molecule has 4 nitrogen and oxygen atoms in total. The van der Waals surface area contributed by atoms with Gasteiger partial charge in [0.25, 0.3) is 0 Å². The zero-order valence-electron chi connectivity index (χ0n) is 15.5. The smallest absolute Gasteiger partial charge is 0.350 e. The number of aromatic nitrogens is 2. The molecule has 30 heavy (non-hydrogen) atoms. The van der Waals surface area contributed by atoms with Gasteiger partial charge in [-0.2, -0.15) is 18.3 Å². The maximum absolute atomic E-state index is 13.7. The first kappa shape index (κ1) is 22.3. The van der Waals surface area contributed by atoms with Gasteiger partial charge in [0.2, 0.25) is 5.91 Å². The fraction of sp³-hybridized carbons (Fsp3) is 0.200. The molecular formula is C20H15BrClF4N3O. The van der Waals surface area contributed by atoms with Crippen molar-refractivity contribution in [1.29, 1.82) is 0 Å². The number of hydrogen-bond acceptors (Lipinski definition) is 2. The molecular weight excluding hydrogens is 490 g/mol. The van der Waals surface area contributed by atoms with Gasteiger partial charge in [-0.1, -0.05) is 23.7 Å². The maximum atomic E-state index is 13.7. The van der Waals surface area contributed by atoms with Crippen LogP contribution in [0.5, 0.6) is 0 Å². The Morgan fingerprint density at radius 1 is 1.23 bits per heavy atom. The van der Waals surface area contributed by atoms with E-state index in [1.807, 2.05) is 0 Å². The molecule has 0 bridgehead atoms. The zero-order valence-corrected chi connectivity index (χ0v) is 17.8. The van der Waals surface area contributed by atoms with Gasteiger partial charge in [-0.15, -0.1) is 0 Å². The van der Waals surface area contributed by atoms with Crippen LogP contribution in [0.15, 0.2) is 53.0 Å². The Morgan fingerprint density at radius 2 is 1.97 bits per heavy atom. The molecule has 0 spiro atoms. The van der Waals surface area contributed by atoms with Crippen molar-refractivity contribution in [2.75, 3.05) is 0 Å². The monoisotopic (exact) mass is 503 g/mol. The number of alkyl halides is 3. The minimum absolute atomic E-state index is 0.118. The molecule has 1 aromatic heterocycles. The molecule has 0 aliphatic rings. The lowest BCUT2D eigenvalue weighted by molar-refractivity contribution is -0.141. The van der Waals surface area contributed by atoms with Crippen LogP contribution in [0.2, 0.25) is 5.02 Å². The van der Waals surface area contributed by atoms with Crippen molar-refractivity contribution in [2.24, 2.45) is 0 Å². The lowest BCUT2D eigenvalue weighted by Gasteiger charge is -2.14. The third-order valence-corrected chi connectivity index (χ3v) is 5.29. The van der Waals surface area contributed by atoms with Gasteiger partial charge < -0.3 is 5.32 Å². The number of rotatable bonds is 5. The van der Waals surface area contributed by atoms with Crippen LogP contribution >= 0.6 is 27.5 Å². The largest absolute Gasteiger partial charge is 0.435 e. The van der Waals surface area contributed by atoms with Crippen molar-refractivity contribution in [3.05, 3.63) is 80.8 Å². The van der Waals surface area contributed by atoms with Crippen LogP contribution in [0.4, 0.5) is 17.6 Å². The summed E-state index contributed by atoms with van der Waals surface area (Å²) in [5.74, 6) is -1.69. The summed E-state index contributed by atoms with van der Waals surface area (Å²) < 4.78 is 54.6. The van der Waals surface area contributed by atoms with Crippen LogP contribution in [0.1, 0.15) is 29.8 Å². The lowest BCUT2D eigenvalue weighted by atomic mass is 10.0. The minimum Gasteiger partial charge on any atom is -0.350 e. The Hall–Kier alpha value is -2.39. The van der Waals surface area contributed by atoms with Crippen molar-refractivity contribution in [3.63, 3.8) is 0 Å². The predicted octanol–water partition coefficient (Wildman–Crippen LogP) is 5.87. The molecule has 0 aliphatic carbocycles. The highest BCUT2D eigenvalue weighted by Crippen LogP contribution is 2.30. The van der Waals surface area contributed by atoms with Crippen LogP contribution in [-0.4, -0.2) is 15.7 Å². The lowest BCUT2D eigenvalue weighted by Crippen LogP contribution is -2.28. The summed E-state index contributed by atoms with van der Waals surface area (Å²) in [6.07, 6.45) is -4.65. The standard InChI is InChI=1S/C20H15BrClF4N3O/c1-11(12-5-6-16(21)17(23)7-12)19(30)27-10-15-9-18(20(24,25)26)28-29(15)14-4-2-3-13(22)8-14/h2-9,11H,10H2,1H3,(H,27,30). The minimum atomic E-state index is -4.65. The van der Waals surface area contributed by atoms with Crippen LogP contribution < -0.4 is 5.32 Å². The predicted molar refractivity (Wildman–Crippen MR) is 108 cm³/mol. The van der Waals surface area contributed by atoms with Crippen molar-refractivity contribution in [2.45, 2.75) is 25.6 Å². The molecule has 0 aliphatic heterocycles. The molecule has 1 atom stereocenters. The number of carbonyl (C=O) groups is 1. The van der Waals surface area contributed by atoms with E-state index in [9.17, 15) is 22.4 Å². The molecule has 158 valence electrons. The average Bonchev–Trinajstić information content (AvgIpc) is 3.12. The van der Waals surface area contributed by atoms with E-state index in [0.29, 0.717) is 16.3 Å². The summed E-state index contributed by atoms with van der Waals surface area (Å²) in [6.45, 7) is 1.37. The summed E-state index contributed by atoms with van der Waals surface area (Å²) in [5.41, 5.74) is -0.209. The highest BCUT2D eigenvalue weighted by Gasteiger charge is 2.35. The molecule has 2 aromatic carbocycles. The van der Waals surface area contributed by atoms with Gasteiger partial charge >= 0.3 is 6.18 Å². The fourth-order valence-electron chi connectivity index (χ4n) is 2.78. The summed E-state index contributed by atoms with van der Waals surface area (Å²) in [7, 11) is 0. The van der Waals surface area contributed by atoms with Gasteiger partial charge in [0, 0.05) is 5.02 Å². The summed E-state index contributed by atoms with van der Waals surface area (Å²) in [6, 6.07) is 11.4. The number of benzene rings is 2. The molecule has 10 heteroatoms. The quantitative estimate of drug-likeness (QED) is 0.442. The maximum Gasteiger partial charge on any atom is 0.435 e. The van der Waals surface area contributed by atoms with Crippen molar-refractivity contribution in [1.82, 2.24) is 15.1 Å². The third kappa shape index (κ3) is 5.02. The fourth-order valence-corrected chi connectivity index (χ4v) is 3.21. The molecule has 1 unspecified atom stereocenters. The molecule has 0 saturated carbocycles. The summed E-state index contributed by atoms with van der Waals surface area (Å²) in [4.78, 5) is 12.5. The van der Waals surface area contributed by atoms with Gasteiger partial charge in [0.15, 0.2) is 5.69 Å². The Labute approximate surface area is 183 Å². The number of nitrogens with zero attached hydrogens (tertiary/aromatic N) is 2. The molecule has 1 amide bonds. The van der Waals surface area contributed by atoms with Crippen molar-refractivity contribution < 1.29 is 22.4 Å². The SMILES string of the molecule is CC(C(=O)NCc1cc(C(F)(F)F)nn1-c1cccc(Cl)c1)c1ccc(Br)c(F)c1. The molecule has 0 saturated heterocycles. The number of nitrogens with one attached hydrogen (secondary N) is 1. The van der Waals surface area contributed by atoms with E-state index in [-0.39, 0.29) is 16.7 Å². The van der Waals surface area contributed by atoms with Crippen molar-refractivity contribution >= 4 is 33.4 Å². The molecule has 1 N–H and O–H groups in total. The van der Waals surface area contributed by atoms with Crippen molar-refractivity contribution in [3.8, 4) is 5.69 Å². The number of hydrogen-bond donors (Lipinski definition) is 1. The first-order valence-electron chi connectivity index (χ1n) is 8.71. The van der Waals surface area contributed by atoms with Gasteiger partial charge in [-0.05, 0) is 64.8 Å². The topological polar surface area (TPSA) is 46.9 Å². The molecule has 3 aromatic rings. The van der Waals surface area contributed by atoms with E-state index in [1.54, 1.807) is 31.2 Å². The number of halogens is 6. The van der Waals surface area contributed by atoms with E-state index in [1.165, 1.54) is 18.2 Å². The Kier molecular flexibility index (Phi) is 6.52. The Morgan fingerprint density at radius 3 is 2.60 bits per heavy atom. The van der Waals surface area contributed by atoms with Crippen LogP contribution in [0.25, 0.3) is 5.69 Å². The van der Waals surface area contributed by atoms with E-state index in [2.05, 4.69) is 26.3 Å². The second-order valence-electron chi connectivity index (χ2n) is 6.52.